The Labute approximate surface area is 113 Å². The molecule has 1 fully saturated rings. The summed E-state index contributed by atoms with van der Waals surface area (Å²) in [6.45, 7) is 5.66. The van der Waals surface area contributed by atoms with Crippen LogP contribution in [0, 0.1) is 17.7 Å². The lowest BCUT2D eigenvalue weighted by Gasteiger charge is -2.35. The van der Waals surface area contributed by atoms with Crippen LogP contribution in [0.3, 0.4) is 0 Å². The van der Waals surface area contributed by atoms with Gasteiger partial charge in [-0.15, -0.1) is 0 Å². The second-order valence-corrected chi connectivity index (χ2v) is 5.50. The zero-order chi connectivity index (χ0) is 14.0. The summed E-state index contributed by atoms with van der Waals surface area (Å²) in [5, 5.41) is 0. The van der Waals surface area contributed by atoms with E-state index in [4.69, 9.17) is 4.74 Å². The first-order valence-electron chi connectivity index (χ1n) is 6.64. The van der Waals surface area contributed by atoms with E-state index in [1.54, 1.807) is 11.0 Å². The van der Waals surface area contributed by atoms with Crippen LogP contribution in [0.4, 0.5) is 4.39 Å². The molecule has 3 nitrogen and oxygen atoms in total. The van der Waals surface area contributed by atoms with E-state index < -0.39 is 5.82 Å². The first kappa shape index (κ1) is 13.8. The van der Waals surface area contributed by atoms with Gasteiger partial charge in [0.1, 0.15) is 11.6 Å². The second-order valence-electron chi connectivity index (χ2n) is 5.50. The normalized spacial score (nSPS) is 23.3. The molecular formula is C15H20FNO2. The maximum Gasteiger partial charge on any atom is 0.256 e. The quantitative estimate of drug-likeness (QED) is 0.822. The predicted octanol–water partition coefficient (Wildman–Crippen LogP) is 2.95. The fraction of sp³-hybridized carbons (Fsp3) is 0.533. The number of nitrogens with zero attached hydrogens (tertiary/aromatic N) is 1. The Hall–Kier alpha value is -1.58. The number of methoxy groups -OCH3 is 1. The molecule has 2 atom stereocenters. The van der Waals surface area contributed by atoms with Gasteiger partial charge in [-0.25, -0.2) is 4.39 Å². The summed E-state index contributed by atoms with van der Waals surface area (Å²) in [5.41, 5.74) is 0.127. The summed E-state index contributed by atoms with van der Waals surface area (Å²) in [5.74, 6) is 0.617. The molecule has 1 aliphatic rings. The van der Waals surface area contributed by atoms with Crippen molar-refractivity contribution in [3.05, 3.63) is 29.6 Å². The van der Waals surface area contributed by atoms with Crippen molar-refractivity contribution in [3.8, 4) is 5.75 Å². The van der Waals surface area contributed by atoms with E-state index in [2.05, 4.69) is 13.8 Å². The highest BCUT2D eigenvalue weighted by Crippen LogP contribution is 2.24. The molecule has 1 saturated heterocycles. The average Bonchev–Trinajstić information content (AvgIpc) is 2.36. The number of hydrogen-bond donors (Lipinski definition) is 0. The maximum atomic E-state index is 13.9. The molecule has 1 aliphatic heterocycles. The van der Waals surface area contributed by atoms with Crippen molar-refractivity contribution in [2.45, 2.75) is 20.3 Å². The molecule has 104 valence electrons. The summed E-state index contributed by atoms with van der Waals surface area (Å²) in [6, 6.07) is 4.37. The Morgan fingerprint density at radius 1 is 1.32 bits per heavy atom. The number of carbonyl (C=O) groups is 1. The Bertz CT molecular complexity index is 465. The van der Waals surface area contributed by atoms with Gasteiger partial charge in [0, 0.05) is 19.2 Å². The number of likely N-dealkylation sites (tertiary alicyclic amines) is 1. The fourth-order valence-electron chi connectivity index (χ4n) is 2.80. The van der Waals surface area contributed by atoms with Gasteiger partial charge in [0.25, 0.3) is 5.91 Å². The van der Waals surface area contributed by atoms with Gasteiger partial charge in [0.15, 0.2) is 0 Å². The lowest BCUT2D eigenvalue weighted by molar-refractivity contribution is 0.0618. The molecule has 2 unspecified atom stereocenters. The van der Waals surface area contributed by atoms with Crippen LogP contribution in [0.1, 0.15) is 30.6 Å². The van der Waals surface area contributed by atoms with Crippen LogP contribution in [0.25, 0.3) is 0 Å². The monoisotopic (exact) mass is 265 g/mol. The molecule has 1 amide bonds. The molecule has 0 spiro atoms. The minimum absolute atomic E-state index is 0.127. The molecular weight excluding hydrogens is 245 g/mol. The third-order valence-corrected chi connectivity index (χ3v) is 3.56. The highest BCUT2D eigenvalue weighted by Gasteiger charge is 2.27. The van der Waals surface area contributed by atoms with E-state index in [0.717, 1.165) is 6.42 Å². The fourth-order valence-corrected chi connectivity index (χ4v) is 2.80. The topological polar surface area (TPSA) is 29.5 Å². The van der Waals surface area contributed by atoms with E-state index in [0.29, 0.717) is 30.7 Å². The number of benzene rings is 1. The molecule has 0 bridgehead atoms. The first-order valence-corrected chi connectivity index (χ1v) is 6.64. The van der Waals surface area contributed by atoms with E-state index in [1.165, 1.54) is 19.2 Å². The summed E-state index contributed by atoms with van der Waals surface area (Å²) in [4.78, 5) is 14.1. The summed E-state index contributed by atoms with van der Waals surface area (Å²) >= 11 is 0. The van der Waals surface area contributed by atoms with Crippen LogP contribution < -0.4 is 4.74 Å². The SMILES string of the molecule is COc1ccc(C(=O)N2CC(C)CC(C)C2)c(F)c1. The zero-order valence-corrected chi connectivity index (χ0v) is 11.6. The minimum atomic E-state index is -0.518. The van der Waals surface area contributed by atoms with Crippen molar-refractivity contribution in [1.29, 1.82) is 0 Å². The Morgan fingerprint density at radius 2 is 1.95 bits per heavy atom. The molecule has 0 N–H and O–H groups in total. The largest absolute Gasteiger partial charge is 0.497 e. The highest BCUT2D eigenvalue weighted by atomic mass is 19.1. The van der Waals surface area contributed by atoms with Crippen LogP contribution in [0.15, 0.2) is 18.2 Å². The van der Waals surface area contributed by atoms with Crippen LogP contribution >= 0.6 is 0 Å². The lowest BCUT2D eigenvalue weighted by atomic mass is 9.91. The van der Waals surface area contributed by atoms with Crippen LogP contribution in [-0.2, 0) is 0 Å². The molecule has 0 saturated carbocycles. The highest BCUT2D eigenvalue weighted by molar-refractivity contribution is 5.94. The number of piperidine rings is 1. The molecule has 2 rings (SSSR count). The van der Waals surface area contributed by atoms with Crippen molar-refractivity contribution in [2.24, 2.45) is 11.8 Å². The van der Waals surface area contributed by atoms with Crippen LogP contribution in [0.5, 0.6) is 5.75 Å². The Balaban J connectivity index is 2.19. The smallest absolute Gasteiger partial charge is 0.256 e. The van der Waals surface area contributed by atoms with Gasteiger partial charge >= 0.3 is 0 Å². The average molecular weight is 265 g/mol. The van der Waals surface area contributed by atoms with Crippen molar-refractivity contribution >= 4 is 5.91 Å². The summed E-state index contributed by atoms with van der Waals surface area (Å²) < 4.78 is 18.9. The van der Waals surface area contributed by atoms with E-state index in [9.17, 15) is 9.18 Å². The molecule has 1 aromatic carbocycles. The zero-order valence-electron chi connectivity index (χ0n) is 11.6. The molecule has 0 radical (unpaired) electrons. The molecule has 19 heavy (non-hydrogen) atoms. The van der Waals surface area contributed by atoms with Crippen molar-refractivity contribution in [1.82, 2.24) is 4.90 Å². The maximum absolute atomic E-state index is 13.9. The standard InChI is InChI=1S/C15H20FNO2/c1-10-6-11(2)9-17(8-10)15(18)13-5-4-12(19-3)7-14(13)16/h4-5,7,10-11H,6,8-9H2,1-3H3. The van der Waals surface area contributed by atoms with Crippen molar-refractivity contribution in [3.63, 3.8) is 0 Å². The number of halogens is 1. The first-order chi connectivity index (χ1) is 9.01. The third kappa shape index (κ3) is 3.06. The van der Waals surface area contributed by atoms with Crippen LogP contribution in [-0.4, -0.2) is 31.0 Å². The third-order valence-electron chi connectivity index (χ3n) is 3.56. The lowest BCUT2D eigenvalue weighted by Crippen LogP contribution is -2.42. The number of rotatable bonds is 2. The van der Waals surface area contributed by atoms with Crippen molar-refractivity contribution < 1.29 is 13.9 Å². The molecule has 4 heteroatoms. The Kier molecular flexibility index (Phi) is 4.08. The van der Waals surface area contributed by atoms with Gasteiger partial charge in [0.05, 0.1) is 12.7 Å². The van der Waals surface area contributed by atoms with Gasteiger partial charge in [-0.2, -0.15) is 0 Å². The van der Waals surface area contributed by atoms with Gasteiger partial charge in [-0.1, -0.05) is 13.8 Å². The number of carbonyl (C=O) groups excluding carboxylic acids is 1. The summed E-state index contributed by atoms with van der Waals surface area (Å²) in [6.07, 6.45) is 1.12. The van der Waals surface area contributed by atoms with E-state index in [1.807, 2.05) is 0 Å². The van der Waals surface area contributed by atoms with Crippen LogP contribution in [0.2, 0.25) is 0 Å². The Morgan fingerprint density at radius 3 is 2.47 bits per heavy atom. The van der Waals surface area contributed by atoms with Crippen molar-refractivity contribution in [2.75, 3.05) is 20.2 Å². The molecule has 0 aromatic heterocycles. The second kappa shape index (κ2) is 5.59. The van der Waals surface area contributed by atoms with Gasteiger partial charge in [-0.05, 0) is 30.4 Å². The van der Waals surface area contributed by atoms with Gasteiger partial charge in [-0.3, -0.25) is 4.79 Å². The van der Waals surface area contributed by atoms with E-state index >= 15 is 0 Å². The number of ether oxygens (including phenoxy) is 1. The summed E-state index contributed by atoms with van der Waals surface area (Å²) in [7, 11) is 1.48. The number of amides is 1. The minimum Gasteiger partial charge on any atom is -0.497 e. The molecule has 0 aliphatic carbocycles. The van der Waals surface area contributed by atoms with Gasteiger partial charge < -0.3 is 9.64 Å². The van der Waals surface area contributed by atoms with Gasteiger partial charge in [0.2, 0.25) is 0 Å². The molecule has 1 heterocycles. The molecule has 1 aromatic rings. The van der Waals surface area contributed by atoms with E-state index in [-0.39, 0.29) is 11.5 Å². The predicted molar refractivity (Wildman–Crippen MR) is 71.8 cm³/mol. The number of hydrogen-bond acceptors (Lipinski definition) is 2.